The Kier molecular flexibility index (Phi) is 4.68. The molecule has 0 fully saturated rings. The molecule has 3 nitrogen and oxygen atoms in total. The zero-order valence-electron chi connectivity index (χ0n) is 10.1. The zero-order chi connectivity index (χ0) is 12.1. The highest BCUT2D eigenvalue weighted by Crippen LogP contribution is 2.11. The number of nitrogens with one attached hydrogen (secondary N) is 1. The minimum Gasteiger partial charge on any atom is -0.389 e. The van der Waals surface area contributed by atoms with Gasteiger partial charge in [-0.1, -0.05) is 32.5 Å². The van der Waals surface area contributed by atoms with Crippen molar-refractivity contribution in [1.82, 2.24) is 4.98 Å². The molecule has 0 amide bonds. The number of anilines is 1. The van der Waals surface area contributed by atoms with Gasteiger partial charge in [-0.15, -0.1) is 0 Å². The maximum absolute atomic E-state index is 5.61. The molecule has 1 aromatic heterocycles. The number of aromatic nitrogens is 1. The van der Waals surface area contributed by atoms with E-state index in [-0.39, 0.29) is 0 Å². The van der Waals surface area contributed by atoms with E-state index in [2.05, 4.69) is 24.1 Å². The van der Waals surface area contributed by atoms with Gasteiger partial charge >= 0.3 is 0 Å². The third kappa shape index (κ3) is 3.77. The van der Waals surface area contributed by atoms with Gasteiger partial charge in [0.25, 0.3) is 0 Å². The largest absolute Gasteiger partial charge is 0.389 e. The zero-order valence-corrected chi connectivity index (χ0v) is 10.9. The first-order valence-electron chi connectivity index (χ1n) is 5.55. The summed E-state index contributed by atoms with van der Waals surface area (Å²) in [7, 11) is 0. The van der Waals surface area contributed by atoms with Crippen LogP contribution in [-0.2, 0) is 0 Å². The van der Waals surface area contributed by atoms with Crippen LogP contribution in [0.2, 0.25) is 0 Å². The molecule has 4 heteroatoms. The van der Waals surface area contributed by atoms with Crippen molar-refractivity contribution in [2.24, 2.45) is 11.7 Å². The van der Waals surface area contributed by atoms with Crippen LogP contribution in [0.25, 0.3) is 0 Å². The predicted molar refractivity (Wildman–Crippen MR) is 72.8 cm³/mol. The minimum absolute atomic E-state index is 0.414. The minimum atomic E-state index is 0.414. The Bertz CT molecular complexity index is 377. The number of aryl methyl sites for hydroxylation is 1. The third-order valence-electron chi connectivity index (χ3n) is 2.57. The van der Waals surface area contributed by atoms with Crippen molar-refractivity contribution < 1.29 is 0 Å². The van der Waals surface area contributed by atoms with Gasteiger partial charge in [-0.3, -0.25) is 0 Å². The number of nitrogens with zero attached hydrogens (tertiary/aromatic N) is 1. The van der Waals surface area contributed by atoms with E-state index in [1.807, 2.05) is 19.1 Å². The monoisotopic (exact) mass is 237 g/mol. The van der Waals surface area contributed by atoms with Gasteiger partial charge in [0.15, 0.2) is 0 Å². The van der Waals surface area contributed by atoms with Crippen LogP contribution >= 0.6 is 12.2 Å². The molecule has 88 valence electrons. The second-order valence-electron chi connectivity index (χ2n) is 4.14. The van der Waals surface area contributed by atoms with Gasteiger partial charge in [0.1, 0.15) is 10.8 Å². The number of rotatable bonds is 5. The fraction of sp³-hybridized carbons (Fsp3) is 0.500. The second-order valence-corrected chi connectivity index (χ2v) is 4.58. The normalized spacial score (nSPS) is 12.2. The topological polar surface area (TPSA) is 50.9 Å². The molecule has 0 aliphatic heterocycles. The van der Waals surface area contributed by atoms with Crippen LogP contribution < -0.4 is 11.1 Å². The highest BCUT2D eigenvalue weighted by atomic mass is 32.1. The van der Waals surface area contributed by atoms with Gasteiger partial charge in [0.2, 0.25) is 0 Å². The molecule has 0 aromatic carbocycles. The predicted octanol–water partition coefficient (Wildman–Crippen LogP) is 2.48. The van der Waals surface area contributed by atoms with Crippen molar-refractivity contribution in [1.29, 1.82) is 0 Å². The molecule has 0 radical (unpaired) electrons. The Morgan fingerprint density at radius 3 is 2.81 bits per heavy atom. The van der Waals surface area contributed by atoms with Crippen molar-refractivity contribution in [3.63, 3.8) is 0 Å². The second kappa shape index (κ2) is 5.80. The Morgan fingerprint density at radius 1 is 1.56 bits per heavy atom. The SMILES string of the molecule is CCC(C)CNc1cc(C(N)=S)cc(C)n1. The Labute approximate surface area is 102 Å². The van der Waals surface area contributed by atoms with Gasteiger partial charge < -0.3 is 11.1 Å². The van der Waals surface area contributed by atoms with Crippen LogP contribution in [0.1, 0.15) is 31.5 Å². The summed E-state index contributed by atoms with van der Waals surface area (Å²) in [6.07, 6.45) is 1.15. The van der Waals surface area contributed by atoms with E-state index >= 15 is 0 Å². The Morgan fingerprint density at radius 2 is 2.25 bits per heavy atom. The molecule has 0 saturated heterocycles. The molecule has 1 unspecified atom stereocenters. The molecule has 1 rings (SSSR count). The number of thiocarbonyl (C=S) groups is 1. The van der Waals surface area contributed by atoms with Crippen LogP contribution in [0.4, 0.5) is 5.82 Å². The van der Waals surface area contributed by atoms with E-state index in [1.165, 1.54) is 0 Å². The summed E-state index contributed by atoms with van der Waals surface area (Å²) < 4.78 is 0. The van der Waals surface area contributed by atoms with Crippen molar-refractivity contribution in [2.75, 3.05) is 11.9 Å². The average Bonchev–Trinajstić information content (AvgIpc) is 2.25. The van der Waals surface area contributed by atoms with Crippen molar-refractivity contribution >= 4 is 23.0 Å². The van der Waals surface area contributed by atoms with Crippen LogP contribution in [0, 0.1) is 12.8 Å². The van der Waals surface area contributed by atoms with Gasteiger partial charge in [0, 0.05) is 17.8 Å². The standard InChI is InChI=1S/C12H19N3S/c1-4-8(2)7-14-11-6-10(12(13)16)5-9(3)15-11/h5-6,8H,4,7H2,1-3H3,(H2,13,16)(H,14,15). The lowest BCUT2D eigenvalue weighted by Crippen LogP contribution is -2.14. The highest BCUT2D eigenvalue weighted by Gasteiger charge is 2.03. The van der Waals surface area contributed by atoms with E-state index in [9.17, 15) is 0 Å². The summed E-state index contributed by atoms with van der Waals surface area (Å²) in [5.41, 5.74) is 7.41. The molecule has 1 aromatic rings. The number of hydrogen-bond donors (Lipinski definition) is 2. The molecule has 0 saturated carbocycles. The number of hydrogen-bond acceptors (Lipinski definition) is 3. The maximum atomic E-state index is 5.61. The molecule has 0 aliphatic rings. The smallest absolute Gasteiger partial charge is 0.126 e. The Balaban J connectivity index is 2.76. The van der Waals surface area contributed by atoms with Gasteiger partial charge in [-0.2, -0.15) is 0 Å². The van der Waals surface area contributed by atoms with E-state index in [1.54, 1.807) is 0 Å². The molecule has 1 atom stereocenters. The van der Waals surface area contributed by atoms with E-state index in [0.29, 0.717) is 10.9 Å². The summed E-state index contributed by atoms with van der Waals surface area (Å²) in [6, 6.07) is 3.80. The quantitative estimate of drug-likeness (QED) is 0.773. The fourth-order valence-electron chi connectivity index (χ4n) is 1.32. The molecule has 0 bridgehead atoms. The summed E-state index contributed by atoms with van der Waals surface area (Å²) in [5, 5.41) is 3.31. The lowest BCUT2D eigenvalue weighted by Gasteiger charge is -2.12. The Hall–Kier alpha value is -1.16. The number of pyridine rings is 1. The van der Waals surface area contributed by atoms with Gasteiger partial charge in [0.05, 0.1) is 0 Å². The first kappa shape index (κ1) is 12.9. The first-order valence-corrected chi connectivity index (χ1v) is 5.96. The van der Waals surface area contributed by atoms with Crippen LogP contribution in [0.3, 0.4) is 0 Å². The van der Waals surface area contributed by atoms with Crippen molar-refractivity contribution in [2.45, 2.75) is 27.2 Å². The van der Waals surface area contributed by atoms with E-state index in [4.69, 9.17) is 18.0 Å². The summed E-state index contributed by atoms with van der Waals surface area (Å²) in [5.74, 6) is 1.48. The van der Waals surface area contributed by atoms with Crippen LogP contribution in [0.15, 0.2) is 12.1 Å². The maximum Gasteiger partial charge on any atom is 0.126 e. The van der Waals surface area contributed by atoms with Crippen molar-refractivity contribution in [3.8, 4) is 0 Å². The average molecular weight is 237 g/mol. The van der Waals surface area contributed by atoms with Crippen LogP contribution in [0.5, 0.6) is 0 Å². The van der Waals surface area contributed by atoms with Crippen LogP contribution in [-0.4, -0.2) is 16.5 Å². The summed E-state index contributed by atoms with van der Waals surface area (Å²) in [4.78, 5) is 4.81. The molecular formula is C12H19N3S. The molecule has 0 aliphatic carbocycles. The number of nitrogens with two attached hydrogens (primary N) is 1. The summed E-state index contributed by atoms with van der Waals surface area (Å²) in [6.45, 7) is 7.24. The van der Waals surface area contributed by atoms with Gasteiger partial charge in [-0.25, -0.2) is 4.98 Å². The molecular weight excluding hydrogens is 218 g/mol. The fourth-order valence-corrected chi connectivity index (χ4v) is 1.44. The molecule has 0 spiro atoms. The van der Waals surface area contributed by atoms with E-state index < -0.39 is 0 Å². The van der Waals surface area contributed by atoms with Crippen molar-refractivity contribution in [3.05, 3.63) is 23.4 Å². The third-order valence-corrected chi connectivity index (χ3v) is 2.80. The summed E-state index contributed by atoms with van der Waals surface area (Å²) >= 11 is 4.96. The lowest BCUT2D eigenvalue weighted by molar-refractivity contribution is 0.592. The molecule has 16 heavy (non-hydrogen) atoms. The lowest BCUT2D eigenvalue weighted by atomic mass is 10.1. The van der Waals surface area contributed by atoms with E-state index in [0.717, 1.165) is 30.0 Å². The molecule has 1 heterocycles. The highest BCUT2D eigenvalue weighted by molar-refractivity contribution is 7.80. The molecule has 3 N–H and O–H groups in total. The van der Waals surface area contributed by atoms with Gasteiger partial charge in [-0.05, 0) is 25.0 Å². The first-order chi connectivity index (χ1) is 7.52.